The first-order chi connectivity index (χ1) is 11.7. The second-order valence-corrected chi connectivity index (χ2v) is 8.72. The number of likely N-dealkylation sites (tertiary alicyclic amines) is 2. The van der Waals surface area contributed by atoms with Gasteiger partial charge in [-0.3, -0.25) is 9.69 Å². The van der Waals surface area contributed by atoms with Crippen LogP contribution in [0.2, 0.25) is 0 Å². The number of carbonyl (C=O) groups excluding carboxylic acids is 1. The van der Waals surface area contributed by atoms with Crippen molar-refractivity contribution in [2.75, 3.05) is 39.9 Å². The fourth-order valence-corrected chi connectivity index (χ4v) is 5.20. The summed E-state index contributed by atoms with van der Waals surface area (Å²) < 4.78 is 5.45. The number of rotatable bonds is 6. The molecule has 1 aromatic heterocycles. The predicted molar refractivity (Wildman–Crippen MR) is 95.9 cm³/mol. The highest BCUT2D eigenvalue weighted by molar-refractivity contribution is 7.07. The molecule has 1 saturated carbocycles. The number of thiophene rings is 1. The van der Waals surface area contributed by atoms with Crippen LogP contribution in [0.4, 0.5) is 0 Å². The Labute approximate surface area is 148 Å². The van der Waals surface area contributed by atoms with Gasteiger partial charge >= 0.3 is 0 Å². The van der Waals surface area contributed by atoms with Crippen LogP contribution < -0.4 is 0 Å². The topological polar surface area (TPSA) is 32.8 Å². The molecule has 1 aromatic rings. The van der Waals surface area contributed by atoms with E-state index in [4.69, 9.17) is 4.74 Å². The molecule has 0 radical (unpaired) electrons. The van der Waals surface area contributed by atoms with Gasteiger partial charge in [-0.15, -0.1) is 0 Å². The lowest BCUT2D eigenvalue weighted by Crippen LogP contribution is -2.45. The quantitative estimate of drug-likeness (QED) is 0.792. The molecular weight excluding hydrogens is 320 g/mol. The van der Waals surface area contributed by atoms with E-state index in [1.54, 1.807) is 18.4 Å². The van der Waals surface area contributed by atoms with Crippen LogP contribution in [0.15, 0.2) is 16.8 Å². The summed E-state index contributed by atoms with van der Waals surface area (Å²) in [4.78, 5) is 17.6. The van der Waals surface area contributed by atoms with Gasteiger partial charge in [-0.05, 0) is 67.1 Å². The maximum atomic E-state index is 12.9. The zero-order valence-corrected chi connectivity index (χ0v) is 15.4. The molecule has 2 saturated heterocycles. The van der Waals surface area contributed by atoms with Crippen molar-refractivity contribution < 1.29 is 9.53 Å². The van der Waals surface area contributed by atoms with Crippen LogP contribution in [0.5, 0.6) is 0 Å². The SMILES string of the molecule is COCC1C(=O)N(CC2CC2)CC12CCN(Cc1ccsc1)CC2. The molecule has 132 valence electrons. The number of ether oxygens (including phenoxy) is 1. The minimum atomic E-state index is 0.0737. The third-order valence-electron chi connectivity index (χ3n) is 6.20. The average molecular weight is 349 g/mol. The number of hydrogen-bond donors (Lipinski definition) is 0. The lowest BCUT2D eigenvalue weighted by molar-refractivity contribution is -0.133. The Balaban J connectivity index is 1.41. The van der Waals surface area contributed by atoms with E-state index >= 15 is 0 Å². The van der Waals surface area contributed by atoms with Crippen LogP contribution >= 0.6 is 11.3 Å². The van der Waals surface area contributed by atoms with Crippen molar-refractivity contribution in [3.05, 3.63) is 22.4 Å². The van der Waals surface area contributed by atoms with E-state index < -0.39 is 0 Å². The zero-order chi connectivity index (χ0) is 16.6. The molecule has 2 aliphatic heterocycles. The molecule has 1 spiro atoms. The summed E-state index contributed by atoms with van der Waals surface area (Å²) >= 11 is 1.77. The van der Waals surface area contributed by atoms with Crippen molar-refractivity contribution in [2.45, 2.75) is 32.2 Å². The molecule has 0 N–H and O–H groups in total. The van der Waals surface area contributed by atoms with Gasteiger partial charge in [-0.2, -0.15) is 11.3 Å². The number of hydrogen-bond acceptors (Lipinski definition) is 4. The van der Waals surface area contributed by atoms with Crippen LogP contribution in [0.3, 0.4) is 0 Å². The highest BCUT2D eigenvalue weighted by Gasteiger charge is 2.53. The lowest BCUT2D eigenvalue weighted by atomic mass is 9.71. The Hall–Kier alpha value is -0.910. The van der Waals surface area contributed by atoms with Gasteiger partial charge in [0.05, 0.1) is 12.5 Å². The van der Waals surface area contributed by atoms with Gasteiger partial charge < -0.3 is 9.64 Å². The summed E-state index contributed by atoms with van der Waals surface area (Å²) in [6.07, 6.45) is 4.86. The average Bonchev–Trinajstić information content (AvgIpc) is 3.19. The van der Waals surface area contributed by atoms with E-state index in [9.17, 15) is 4.79 Å². The molecular formula is C19H28N2O2S. The van der Waals surface area contributed by atoms with Crippen LogP contribution in [-0.2, 0) is 16.1 Å². The fraction of sp³-hybridized carbons (Fsp3) is 0.737. The minimum absolute atomic E-state index is 0.0737. The summed E-state index contributed by atoms with van der Waals surface area (Å²) in [6.45, 7) is 5.78. The summed E-state index contributed by atoms with van der Waals surface area (Å²) in [7, 11) is 1.73. The van der Waals surface area contributed by atoms with Crippen LogP contribution in [-0.4, -0.2) is 55.6 Å². The van der Waals surface area contributed by atoms with Crippen molar-refractivity contribution in [3.63, 3.8) is 0 Å². The fourth-order valence-electron chi connectivity index (χ4n) is 4.54. The van der Waals surface area contributed by atoms with Gasteiger partial charge in [0.1, 0.15) is 0 Å². The largest absolute Gasteiger partial charge is 0.384 e. The van der Waals surface area contributed by atoms with Gasteiger partial charge in [0.15, 0.2) is 0 Å². The van der Waals surface area contributed by atoms with Gasteiger partial charge in [0.2, 0.25) is 5.91 Å². The standard InChI is InChI=1S/C19H28N2O2S/c1-23-12-17-18(22)21(11-15-2-3-15)14-19(17)5-7-20(8-6-19)10-16-4-9-24-13-16/h4,9,13,15,17H,2-3,5-8,10-12,14H2,1H3. The molecule has 3 heterocycles. The first-order valence-corrected chi connectivity index (χ1v) is 10.2. The first-order valence-electron chi connectivity index (χ1n) is 9.21. The van der Waals surface area contributed by atoms with Gasteiger partial charge in [0.25, 0.3) is 0 Å². The third-order valence-corrected chi connectivity index (χ3v) is 6.93. The number of amides is 1. The van der Waals surface area contributed by atoms with Gasteiger partial charge in [-0.25, -0.2) is 0 Å². The monoisotopic (exact) mass is 348 g/mol. The van der Waals surface area contributed by atoms with E-state index in [0.29, 0.717) is 12.5 Å². The van der Waals surface area contributed by atoms with E-state index in [-0.39, 0.29) is 11.3 Å². The third kappa shape index (κ3) is 3.26. The zero-order valence-electron chi connectivity index (χ0n) is 14.6. The maximum absolute atomic E-state index is 12.9. The molecule has 0 aromatic carbocycles. The van der Waals surface area contributed by atoms with Crippen LogP contribution in [0.1, 0.15) is 31.2 Å². The molecule has 3 aliphatic rings. The second kappa shape index (κ2) is 6.77. The second-order valence-electron chi connectivity index (χ2n) is 7.94. The molecule has 1 atom stereocenters. The van der Waals surface area contributed by atoms with Crippen LogP contribution in [0.25, 0.3) is 0 Å². The van der Waals surface area contributed by atoms with Gasteiger partial charge in [0, 0.05) is 32.2 Å². The molecule has 3 fully saturated rings. The molecule has 1 aliphatic carbocycles. The summed E-state index contributed by atoms with van der Waals surface area (Å²) in [5, 5.41) is 4.40. The van der Waals surface area contributed by atoms with Crippen molar-refractivity contribution in [2.24, 2.45) is 17.3 Å². The molecule has 24 heavy (non-hydrogen) atoms. The number of piperidine rings is 1. The predicted octanol–water partition coefficient (Wildman–Crippen LogP) is 2.85. The molecule has 0 bridgehead atoms. The van der Waals surface area contributed by atoms with Crippen molar-refractivity contribution >= 4 is 17.2 Å². The number of carbonyl (C=O) groups is 1. The first kappa shape index (κ1) is 16.6. The number of methoxy groups -OCH3 is 1. The molecule has 4 nitrogen and oxygen atoms in total. The highest BCUT2D eigenvalue weighted by atomic mass is 32.1. The van der Waals surface area contributed by atoms with Crippen molar-refractivity contribution in [1.29, 1.82) is 0 Å². The Morgan fingerprint density at radius 2 is 2.12 bits per heavy atom. The molecule has 5 heteroatoms. The molecule has 4 rings (SSSR count). The van der Waals surface area contributed by atoms with E-state index in [2.05, 4.69) is 26.6 Å². The Morgan fingerprint density at radius 3 is 2.75 bits per heavy atom. The van der Waals surface area contributed by atoms with E-state index in [1.807, 2.05) is 0 Å². The Morgan fingerprint density at radius 1 is 1.33 bits per heavy atom. The Bertz CT molecular complexity index is 562. The molecule has 1 unspecified atom stereocenters. The van der Waals surface area contributed by atoms with E-state index in [1.165, 1.54) is 18.4 Å². The van der Waals surface area contributed by atoms with Crippen LogP contribution in [0, 0.1) is 17.3 Å². The summed E-state index contributed by atoms with van der Waals surface area (Å²) in [5.74, 6) is 1.20. The maximum Gasteiger partial charge on any atom is 0.228 e. The smallest absolute Gasteiger partial charge is 0.228 e. The summed E-state index contributed by atoms with van der Waals surface area (Å²) in [5.41, 5.74) is 1.56. The van der Waals surface area contributed by atoms with Crippen molar-refractivity contribution in [3.8, 4) is 0 Å². The normalized spacial score (nSPS) is 27.3. The minimum Gasteiger partial charge on any atom is -0.384 e. The lowest BCUT2D eigenvalue weighted by Gasteiger charge is -2.41. The van der Waals surface area contributed by atoms with Crippen molar-refractivity contribution in [1.82, 2.24) is 9.80 Å². The van der Waals surface area contributed by atoms with E-state index in [0.717, 1.165) is 51.5 Å². The molecule has 1 amide bonds. The Kier molecular flexibility index (Phi) is 4.67. The number of nitrogens with zero attached hydrogens (tertiary/aromatic N) is 2. The summed E-state index contributed by atoms with van der Waals surface area (Å²) in [6, 6.07) is 2.22. The highest BCUT2D eigenvalue weighted by Crippen LogP contribution is 2.47. The van der Waals surface area contributed by atoms with Gasteiger partial charge in [-0.1, -0.05) is 0 Å².